The van der Waals surface area contributed by atoms with Crippen molar-refractivity contribution < 1.29 is 25.2 Å². The molecule has 0 bridgehead atoms. The van der Waals surface area contributed by atoms with Crippen LogP contribution in [0.2, 0.25) is 0 Å². The third-order valence-electron chi connectivity index (χ3n) is 1.63. The van der Waals surface area contributed by atoms with Crippen molar-refractivity contribution in [2.75, 3.05) is 13.2 Å². The van der Waals surface area contributed by atoms with E-state index < -0.39 is 0 Å². The molecule has 0 aromatic rings. The van der Waals surface area contributed by atoms with E-state index in [1.165, 1.54) is 9.45 Å². The Bertz CT molecular complexity index is 190. The zero-order chi connectivity index (χ0) is 8.10. The summed E-state index contributed by atoms with van der Waals surface area (Å²) in [5.41, 5.74) is 1.37. The first-order valence-electron chi connectivity index (χ1n) is 4.02. The molecule has 1 aliphatic carbocycles. The fourth-order valence-corrected chi connectivity index (χ4v) is 1.44. The van der Waals surface area contributed by atoms with Crippen LogP contribution in [0.15, 0.2) is 21.6 Å². The summed E-state index contributed by atoms with van der Waals surface area (Å²) in [6.07, 6.45) is 6.59. The predicted octanol–water partition coefficient (Wildman–Crippen LogP) is 3.02. The van der Waals surface area contributed by atoms with Gasteiger partial charge in [0.15, 0.2) is 0 Å². The first-order valence-corrected chi connectivity index (χ1v) is 4.80. The summed E-state index contributed by atoms with van der Waals surface area (Å²) in [6, 6.07) is 0. The minimum absolute atomic E-state index is 0. The Kier molecular flexibility index (Phi) is 11.6. The van der Waals surface area contributed by atoms with E-state index in [2.05, 4.69) is 39.5 Å². The number of rotatable bonds is 4. The van der Waals surface area contributed by atoms with Gasteiger partial charge in [0.25, 0.3) is 0 Å². The van der Waals surface area contributed by atoms with Crippen LogP contribution in [-0.4, -0.2) is 13.2 Å². The van der Waals surface area contributed by atoms with Crippen molar-refractivity contribution in [3.8, 4) is 0 Å². The Balaban J connectivity index is 0. The second-order valence-electron chi connectivity index (χ2n) is 2.66. The maximum Gasteiger partial charge on any atom is -0.147 e. The zero-order valence-electron chi connectivity index (χ0n) is 7.71. The Labute approximate surface area is 104 Å². The second-order valence-corrected chi connectivity index (χ2v) is 3.61. The molecule has 0 N–H and O–H groups in total. The molecule has 0 spiro atoms. The van der Waals surface area contributed by atoms with E-state index in [-0.39, 0.29) is 24.8 Å². The van der Waals surface area contributed by atoms with E-state index in [1.807, 2.05) is 0 Å². The Morgan fingerprint density at radius 1 is 1.46 bits per heavy atom. The molecule has 0 aromatic heterocycles. The van der Waals surface area contributed by atoms with Crippen LogP contribution in [0.4, 0.5) is 0 Å². The normalized spacial score (nSPS) is 13.8. The van der Waals surface area contributed by atoms with Gasteiger partial charge in [-0.15, -0.1) is 24.8 Å². The van der Waals surface area contributed by atoms with E-state index in [1.54, 1.807) is 0 Å². The Hall–Kier alpha value is 0.734. The fraction of sp³-hybridized carbons (Fsp3) is 0.556. The summed E-state index contributed by atoms with van der Waals surface area (Å²) >= 11 is 2.17. The van der Waals surface area contributed by atoms with Gasteiger partial charge < -0.3 is 0 Å². The van der Waals surface area contributed by atoms with Gasteiger partial charge in [0.2, 0.25) is 0 Å². The molecule has 0 saturated heterocycles. The van der Waals surface area contributed by atoms with Crippen molar-refractivity contribution >= 4 is 24.8 Å². The molecule has 0 amide bonds. The molecule has 0 saturated carbocycles. The summed E-state index contributed by atoms with van der Waals surface area (Å²) in [4.78, 5) is 0. The number of hydrogen-bond donors (Lipinski definition) is 0. The molecule has 0 atom stereocenters. The van der Waals surface area contributed by atoms with Gasteiger partial charge >= 0.3 is 79.8 Å². The maximum atomic E-state index is 5.43. The number of halogens is 2. The standard InChI is InChI=1S/C9H13O.2ClH.Ti/c1-2-7-10-8-9-5-3-4-6-9;;;/h3,5H,2,4,7-8H2,1H3;2*1H;. The van der Waals surface area contributed by atoms with Gasteiger partial charge in [0.05, 0.1) is 0 Å². The van der Waals surface area contributed by atoms with Crippen LogP contribution in [0.1, 0.15) is 19.8 Å². The van der Waals surface area contributed by atoms with Crippen LogP contribution in [0.25, 0.3) is 0 Å². The second kappa shape index (κ2) is 9.30. The van der Waals surface area contributed by atoms with Crippen LogP contribution < -0.4 is 0 Å². The molecule has 0 radical (unpaired) electrons. The van der Waals surface area contributed by atoms with Gasteiger partial charge in [-0.05, 0) is 0 Å². The summed E-state index contributed by atoms with van der Waals surface area (Å²) < 4.78 is 6.89. The Morgan fingerprint density at radius 3 is 2.62 bits per heavy atom. The van der Waals surface area contributed by atoms with Gasteiger partial charge in [-0.3, -0.25) is 0 Å². The predicted molar refractivity (Wildman–Crippen MR) is 56.4 cm³/mol. The summed E-state index contributed by atoms with van der Waals surface area (Å²) in [7, 11) is 0. The first-order chi connectivity index (χ1) is 5.34. The summed E-state index contributed by atoms with van der Waals surface area (Å²) in [6.45, 7) is 3.81. The van der Waals surface area contributed by atoms with Gasteiger partial charge in [-0.2, -0.15) is 0 Å². The largest absolute Gasteiger partial charge is 0.147 e. The monoisotopic (exact) mass is 257 g/mol. The molecule has 0 heterocycles. The topological polar surface area (TPSA) is 9.23 Å². The van der Waals surface area contributed by atoms with Crippen molar-refractivity contribution in [1.82, 2.24) is 0 Å². The third-order valence-corrected chi connectivity index (χ3v) is 2.45. The zero-order valence-corrected chi connectivity index (χ0v) is 10.9. The average Bonchev–Trinajstić information content (AvgIpc) is 2.37. The van der Waals surface area contributed by atoms with E-state index >= 15 is 0 Å². The molecular formula is C9H15Cl2OTi. The fourth-order valence-electron chi connectivity index (χ4n) is 1.01. The molecule has 13 heavy (non-hydrogen) atoms. The SMILES string of the molecule is CCCOCC1=[C]([Ti])CC=C1.Cl.Cl. The molecule has 4 heteroatoms. The number of allylic oxidation sites excluding steroid dienone is 2. The van der Waals surface area contributed by atoms with Gasteiger partial charge in [-0.25, -0.2) is 0 Å². The van der Waals surface area contributed by atoms with Crippen molar-refractivity contribution in [1.29, 1.82) is 0 Å². The van der Waals surface area contributed by atoms with Crippen molar-refractivity contribution in [2.45, 2.75) is 19.8 Å². The molecule has 0 fully saturated rings. The van der Waals surface area contributed by atoms with E-state index in [4.69, 9.17) is 4.74 Å². The van der Waals surface area contributed by atoms with Crippen molar-refractivity contribution in [3.63, 3.8) is 0 Å². The van der Waals surface area contributed by atoms with E-state index in [9.17, 15) is 0 Å². The number of hydrogen-bond acceptors (Lipinski definition) is 1. The van der Waals surface area contributed by atoms with E-state index in [0.29, 0.717) is 0 Å². The quantitative estimate of drug-likeness (QED) is 0.556. The molecular weight excluding hydrogens is 243 g/mol. The molecule has 1 aliphatic rings. The number of ether oxygens (including phenoxy) is 1. The molecule has 0 unspecified atom stereocenters. The Morgan fingerprint density at radius 2 is 2.15 bits per heavy atom. The average molecular weight is 258 g/mol. The minimum Gasteiger partial charge on any atom is -0.147 e. The molecule has 1 nitrogen and oxygen atoms in total. The smallest absolute Gasteiger partial charge is 0.147 e. The van der Waals surface area contributed by atoms with Crippen LogP contribution >= 0.6 is 24.8 Å². The molecule has 0 aliphatic heterocycles. The van der Waals surface area contributed by atoms with Crippen LogP contribution in [0, 0.1) is 0 Å². The minimum atomic E-state index is 0. The van der Waals surface area contributed by atoms with Crippen LogP contribution in [-0.2, 0) is 25.2 Å². The first kappa shape index (κ1) is 16.2. The van der Waals surface area contributed by atoms with Gasteiger partial charge in [-0.1, -0.05) is 0 Å². The van der Waals surface area contributed by atoms with Crippen molar-refractivity contribution in [2.24, 2.45) is 0 Å². The van der Waals surface area contributed by atoms with E-state index in [0.717, 1.165) is 26.1 Å². The van der Waals surface area contributed by atoms with Crippen LogP contribution in [0.5, 0.6) is 0 Å². The van der Waals surface area contributed by atoms with Crippen LogP contribution in [0.3, 0.4) is 0 Å². The van der Waals surface area contributed by atoms with Gasteiger partial charge in [0.1, 0.15) is 0 Å². The van der Waals surface area contributed by atoms with Gasteiger partial charge in [0, 0.05) is 0 Å². The maximum absolute atomic E-state index is 5.43. The molecule has 1 rings (SSSR count). The molecule has 75 valence electrons. The molecule has 0 aromatic carbocycles. The third kappa shape index (κ3) is 5.93. The summed E-state index contributed by atoms with van der Waals surface area (Å²) in [5.74, 6) is 0. The summed E-state index contributed by atoms with van der Waals surface area (Å²) in [5, 5.41) is 0. The van der Waals surface area contributed by atoms with Crippen molar-refractivity contribution in [3.05, 3.63) is 21.6 Å².